The second-order valence-corrected chi connectivity index (χ2v) is 4.57. The highest BCUT2D eigenvalue weighted by Gasteiger charge is 2.05. The van der Waals surface area contributed by atoms with Crippen LogP contribution in [-0.4, -0.2) is 0 Å². The van der Waals surface area contributed by atoms with Gasteiger partial charge in [-0.2, -0.15) is 0 Å². The molecule has 1 nitrogen and oxygen atoms in total. The predicted molar refractivity (Wildman–Crippen MR) is 69.4 cm³/mol. The van der Waals surface area contributed by atoms with Crippen molar-refractivity contribution < 1.29 is 4.42 Å². The largest absolute Gasteiger partial charge is 0.464 e. The minimum Gasteiger partial charge on any atom is -0.464 e. The van der Waals surface area contributed by atoms with E-state index in [1.54, 1.807) is 6.26 Å². The Morgan fingerprint density at radius 2 is 1.69 bits per heavy atom. The van der Waals surface area contributed by atoms with Crippen LogP contribution in [0.3, 0.4) is 0 Å². The molecule has 0 N–H and O–H groups in total. The summed E-state index contributed by atoms with van der Waals surface area (Å²) in [5.41, 5.74) is 3.25. The second-order valence-electron chi connectivity index (χ2n) is 3.65. The van der Waals surface area contributed by atoms with E-state index in [0.717, 1.165) is 21.0 Å². The maximum Gasteiger partial charge on any atom is 0.141 e. The third-order valence-corrected chi connectivity index (χ3v) is 3.16. The fourth-order valence-electron chi connectivity index (χ4n) is 1.85. The van der Waals surface area contributed by atoms with Gasteiger partial charge in [0, 0.05) is 15.4 Å². The zero-order valence-corrected chi connectivity index (χ0v) is 10.1. The number of hydrogen-bond donors (Lipinski definition) is 0. The van der Waals surface area contributed by atoms with Gasteiger partial charge in [-0.3, -0.25) is 0 Å². The highest BCUT2D eigenvalue weighted by Crippen LogP contribution is 2.29. The molecule has 0 radical (unpaired) electrons. The van der Waals surface area contributed by atoms with Gasteiger partial charge in [0.25, 0.3) is 0 Å². The highest BCUT2D eigenvalue weighted by molar-refractivity contribution is 9.10. The maximum atomic E-state index is 5.52. The summed E-state index contributed by atoms with van der Waals surface area (Å²) in [6.07, 6.45) is 1.73. The van der Waals surface area contributed by atoms with Crippen molar-refractivity contribution in [2.75, 3.05) is 0 Å². The molecule has 2 aromatic carbocycles. The van der Waals surface area contributed by atoms with E-state index < -0.39 is 0 Å². The molecule has 3 aromatic rings. The molecule has 1 heterocycles. The van der Waals surface area contributed by atoms with Crippen molar-refractivity contribution in [1.82, 2.24) is 0 Å². The van der Waals surface area contributed by atoms with Crippen LogP contribution >= 0.6 is 15.9 Å². The number of para-hydroxylation sites is 1. The van der Waals surface area contributed by atoms with Crippen LogP contribution in [0, 0.1) is 0 Å². The van der Waals surface area contributed by atoms with Crippen molar-refractivity contribution in [2.45, 2.75) is 0 Å². The summed E-state index contributed by atoms with van der Waals surface area (Å²) in [5.74, 6) is 0. The van der Waals surface area contributed by atoms with Crippen LogP contribution in [0.25, 0.3) is 22.1 Å². The highest BCUT2D eigenvalue weighted by atomic mass is 79.9. The van der Waals surface area contributed by atoms with Gasteiger partial charge in [0.2, 0.25) is 0 Å². The van der Waals surface area contributed by atoms with E-state index >= 15 is 0 Å². The van der Waals surface area contributed by atoms with E-state index in [1.807, 2.05) is 18.2 Å². The summed E-state index contributed by atoms with van der Waals surface area (Å²) in [6.45, 7) is 0. The molecule has 0 bridgehead atoms. The summed E-state index contributed by atoms with van der Waals surface area (Å²) < 4.78 is 6.61. The van der Waals surface area contributed by atoms with E-state index in [4.69, 9.17) is 4.42 Å². The molecular weight excluding hydrogens is 264 g/mol. The van der Waals surface area contributed by atoms with Gasteiger partial charge in [-0.1, -0.05) is 46.3 Å². The third-order valence-electron chi connectivity index (χ3n) is 2.63. The van der Waals surface area contributed by atoms with Gasteiger partial charge < -0.3 is 4.42 Å². The zero-order valence-electron chi connectivity index (χ0n) is 8.48. The summed E-state index contributed by atoms with van der Waals surface area (Å²) >= 11 is 3.44. The quantitative estimate of drug-likeness (QED) is 0.617. The number of furan rings is 1. The van der Waals surface area contributed by atoms with Gasteiger partial charge in [-0.15, -0.1) is 0 Å². The van der Waals surface area contributed by atoms with E-state index in [0.29, 0.717) is 0 Å². The van der Waals surface area contributed by atoms with E-state index in [1.165, 1.54) is 5.56 Å². The Morgan fingerprint density at radius 1 is 0.875 bits per heavy atom. The molecule has 0 amide bonds. The Hall–Kier alpha value is -1.54. The molecule has 0 saturated heterocycles. The van der Waals surface area contributed by atoms with Gasteiger partial charge in [-0.25, -0.2) is 0 Å². The minimum absolute atomic E-state index is 0.949. The van der Waals surface area contributed by atoms with Crippen molar-refractivity contribution in [3.63, 3.8) is 0 Å². The van der Waals surface area contributed by atoms with E-state index in [2.05, 4.69) is 46.3 Å². The van der Waals surface area contributed by atoms with Crippen LogP contribution in [0.2, 0.25) is 0 Å². The Kier molecular flexibility index (Phi) is 2.29. The Morgan fingerprint density at radius 3 is 2.50 bits per heavy atom. The molecule has 0 spiro atoms. The van der Waals surface area contributed by atoms with Gasteiger partial charge in [0.15, 0.2) is 0 Å². The monoisotopic (exact) mass is 272 g/mol. The molecule has 0 aliphatic carbocycles. The van der Waals surface area contributed by atoms with Crippen LogP contribution in [0.4, 0.5) is 0 Å². The predicted octanol–water partition coefficient (Wildman–Crippen LogP) is 4.86. The number of halogens is 1. The number of hydrogen-bond acceptors (Lipinski definition) is 1. The number of benzene rings is 2. The molecule has 0 fully saturated rings. The minimum atomic E-state index is 0.949. The lowest BCUT2D eigenvalue weighted by Gasteiger charge is -2.02. The van der Waals surface area contributed by atoms with Gasteiger partial charge in [-0.05, 0) is 23.8 Å². The molecule has 2 heteroatoms. The van der Waals surface area contributed by atoms with Gasteiger partial charge in [0.05, 0.1) is 6.26 Å². The lowest BCUT2D eigenvalue weighted by atomic mass is 10.0. The van der Waals surface area contributed by atoms with Gasteiger partial charge in [0.1, 0.15) is 5.58 Å². The van der Waals surface area contributed by atoms with Crippen molar-refractivity contribution in [3.8, 4) is 11.1 Å². The standard InChI is InChI=1S/C14H9BrO/c15-12-6-4-10(5-7-12)13-3-1-2-11-8-9-16-14(11)13/h1-9H. The first-order valence-electron chi connectivity index (χ1n) is 5.07. The lowest BCUT2D eigenvalue weighted by Crippen LogP contribution is -1.77. The fourth-order valence-corrected chi connectivity index (χ4v) is 2.11. The first-order valence-corrected chi connectivity index (χ1v) is 5.86. The number of rotatable bonds is 1. The SMILES string of the molecule is Brc1ccc(-c2cccc3ccoc23)cc1. The normalized spacial score (nSPS) is 10.8. The van der Waals surface area contributed by atoms with Crippen LogP contribution in [0.15, 0.2) is 63.7 Å². The maximum absolute atomic E-state index is 5.52. The van der Waals surface area contributed by atoms with Crippen molar-refractivity contribution in [1.29, 1.82) is 0 Å². The molecule has 3 rings (SSSR count). The molecule has 0 aliphatic heterocycles. The fraction of sp³-hybridized carbons (Fsp3) is 0. The molecule has 0 atom stereocenters. The summed E-state index contributed by atoms with van der Waals surface area (Å²) in [5, 5.41) is 1.14. The Labute approximate surface area is 102 Å². The number of fused-ring (bicyclic) bond motifs is 1. The smallest absolute Gasteiger partial charge is 0.141 e. The second kappa shape index (κ2) is 3.80. The molecule has 0 aliphatic rings. The van der Waals surface area contributed by atoms with E-state index in [-0.39, 0.29) is 0 Å². The topological polar surface area (TPSA) is 13.1 Å². The summed E-state index contributed by atoms with van der Waals surface area (Å²) in [7, 11) is 0. The molecular formula is C14H9BrO. The zero-order chi connectivity index (χ0) is 11.0. The Bertz CT molecular complexity index is 623. The first kappa shape index (κ1) is 9.67. The molecule has 16 heavy (non-hydrogen) atoms. The average Bonchev–Trinajstić information content (AvgIpc) is 2.78. The molecule has 1 aromatic heterocycles. The first-order chi connectivity index (χ1) is 7.84. The summed E-state index contributed by atoms with van der Waals surface area (Å²) in [6, 6.07) is 16.4. The van der Waals surface area contributed by atoms with Crippen LogP contribution in [0.5, 0.6) is 0 Å². The van der Waals surface area contributed by atoms with Crippen molar-refractivity contribution >= 4 is 26.9 Å². The molecule has 0 saturated carbocycles. The Balaban J connectivity index is 2.25. The molecule has 78 valence electrons. The van der Waals surface area contributed by atoms with Crippen LogP contribution in [0.1, 0.15) is 0 Å². The third kappa shape index (κ3) is 1.55. The summed E-state index contributed by atoms with van der Waals surface area (Å²) in [4.78, 5) is 0. The van der Waals surface area contributed by atoms with Crippen molar-refractivity contribution in [2.24, 2.45) is 0 Å². The lowest BCUT2D eigenvalue weighted by molar-refractivity contribution is 0.617. The van der Waals surface area contributed by atoms with Crippen LogP contribution in [-0.2, 0) is 0 Å². The van der Waals surface area contributed by atoms with Gasteiger partial charge >= 0.3 is 0 Å². The van der Waals surface area contributed by atoms with Crippen LogP contribution < -0.4 is 0 Å². The molecule has 0 unspecified atom stereocenters. The average molecular weight is 273 g/mol. The van der Waals surface area contributed by atoms with Crippen molar-refractivity contribution in [3.05, 3.63) is 59.3 Å². The van der Waals surface area contributed by atoms with E-state index in [9.17, 15) is 0 Å².